The first-order valence-corrected chi connectivity index (χ1v) is 6.67. The zero-order chi connectivity index (χ0) is 13.0. The van der Waals surface area contributed by atoms with Gasteiger partial charge in [0.1, 0.15) is 5.78 Å². The van der Waals surface area contributed by atoms with Crippen LogP contribution >= 0.6 is 11.3 Å². The second kappa shape index (κ2) is 5.74. The molecule has 1 aromatic heterocycles. The minimum absolute atomic E-state index is 0.00252. The molecule has 18 heavy (non-hydrogen) atoms. The minimum atomic E-state index is -0.310. The van der Waals surface area contributed by atoms with Crippen LogP contribution in [0.25, 0.3) is 0 Å². The summed E-state index contributed by atoms with van der Waals surface area (Å²) in [6, 6.07) is 13.5. The fraction of sp³-hybridized carbons (Fsp3) is 0.200. The van der Waals surface area contributed by atoms with Crippen LogP contribution in [0.15, 0.2) is 47.8 Å². The van der Waals surface area contributed by atoms with E-state index in [-0.39, 0.29) is 23.9 Å². The lowest BCUT2D eigenvalue weighted by Gasteiger charge is -2.14. The molecule has 0 fully saturated rings. The summed E-state index contributed by atoms with van der Waals surface area (Å²) in [6.45, 7) is 1.45. The Morgan fingerprint density at radius 2 is 1.83 bits per heavy atom. The molecular weight excluding hydrogens is 244 g/mol. The van der Waals surface area contributed by atoms with Gasteiger partial charge >= 0.3 is 0 Å². The highest BCUT2D eigenvalue weighted by molar-refractivity contribution is 7.10. The van der Waals surface area contributed by atoms with Gasteiger partial charge in [0, 0.05) is 4.88 Å². The molecule has 0 bridgehead atoms. The number of thiophene rings is 1. The number of carbonyl (C=O) groups is 2. The predicted octanol–water partition coefficient (Wildman–Crippen LogP) is 3.43. The van der Waals surface area contributed by atoms with Gasteiger partial charge < -0.3 is 0 Å². The number of hydrogen-bond acceptors (Lipinski definition) is 3. The summed E-state index contributed by atoms with van der Waals surface area (Å²) in [5, 5.41) is 1.95. The Morgan fingerprint density at radius 1 is 1.11 bits per heavy atom. The first kappa shape index (κ1) is 12.7. The number of benzene rings is 1. The molecular formula is C15H14O2S. The maximum atomic E-state index is 12.2. The molecule has 1 heterocycles. The number of Topliss-reactive ketones (excluding diaryl/α,β-unsaturated/α-hetero) is 2. The lowest BCUT2D eigenvalue weighted by Crippen LogP contribution is -2.15. The zero-order valence-corrected chi connectivity index (χ0v) is 10.9. The third-order valence-electron chi connectivity index (χ3n) is 2.71. The second-order valence-corrected chi connectivity index (χ2v) is 5.18. The highest BCUT2D eigenvalue weighted by atomic mass is 32.1. The van der Waals surface area contributed by atoms with Crippen molar-refractivity contribution in [2.75, 3.05) is 0 Å². The lowest BCUT2D eigenvalue weighted by molar-refractivity contribution is -0.126. The number of rotatable bonds is 5. The molecule has 0 radical (unpaired) electrons. The molecule has 0 aliphatic rings. The molecule has 0 saturated heterocycles. The van der Waals surface area contributed by atoms with E-state index in [0.717, 1.165) is 10.4 Å². The minimum Gasteiger partial charge on any atom is -0.300 e. The molecule has 1 unspecified atom stereocenters. The molecule has 92 valence electrons. The van der Waals surface area contributed by atoms with E-state index in [2.05, 4.69) is 0 Å². The van der Waals surface area contributed by atoms with Crippen molar-refractivity contribution in [3.8, 4) is 0 Å². The Labute approximate surface area is 110 Å². The molecule has 1 aromatic carbocycles. The molecule has 0 aliphatic carbocycles. The molecule has 1 atom stereocenters. The Kier molecular flexibility index (Phi) is 4.05. The average molecular weight is 258 g/mol. The van der Waals surface area contributed by atoms with Gasteiger partial charge in [0.2, 0.25) is 0 Å². The van der Waals surface area contributed by atoms with Crippen molar-refractivity contribution in [2.24, 2.45) is 0 Å². The molecule has 2 aromatic rings. The topological polar surface area (TPSA) is 34.1 Å². The van der Waals surface area contributed by atoms with Crippen molar-refractivity contribution in [3.05, 3.63) is 58.3 Å². The van der Waals surface area contributed by atoms with Gasteiger partial charge in [-0.05, 0) is 23.9 Å². The van der Waals surface area contributed by atoms with Crippen molar-refractivity contribution in [2.45, 2.75) is 19.3 Å². The SMILES string of the molecule is CC(=O)CC(=O)C(c1ccccc1)c1cccs1. The average Bonchev–Trinajstić information content (AvgIpc) is 2.83. The summed E-state index contributed by atoms with van der Waals surface area (Å²) in [5.41, 5.74) is 0.950. The molecule has 0 amide bonds. The zero-order valence-electron chi connectivity index (χ0n) is 10.1. The van der Waals surface area contributed by atoms with E-state index < -0.39 is 0 Å². The second-order valence-electron chi connectivity index (χ2n) is 4.20. The highest BCUT2D eigenvalue weighted by Crippen LogP contribution is 2.30. The fourth-order valence-corrected chi connectivity index (χ4v) is 2.83. The van der Waals surface area contributed by atoms with Gasteiger partial charge in [0.15, 0.2) is 5.78 Å². The van der Waals surface area contributed by atoms with E-state index in [4.69, 9.17) is 0 Å². The Hall–Kier alpha value is -1.74. The van der Waals surface area contributed by atoms with E-state index >= 15 is 0 Å². The van der Waals surface area contributed by atoms with Crippen molar-refractivity contribution in [3.63, 3.8) is 0 Å². The third-order valence-corrected chi connectivity index (χ3v) is 3.64. The maximum Gasteiger partial charge on any atom is 0.152 e. The smallest absolute Gasteiger partial charge is 0.152 e. The van der Waals surface area contributed by atoms with Gasteiger partial charge in [0.25, 0.3) is 0 Å². The van der Waals surface area contributed by atoms with Gasteiger partial charge in [-0.25, -0.2) is 0 Å². The van der Waals surface area contributed by atoms with Gasteiger partial charge in [-0.15, -0.1) is 11.3 Å². The van der Waals surface area contributed by atoms with Crippen molar-refractivity contribution < 1.29 is 9.59 Å². The highest BCUT2D eigenvalue weighted by Gasteiger charge is 2.24. The van der Waals surface area contributed by atoms with Crippen LogP contribution in [0.5, 0.6) is 0 Å². The summed E-state index contributed by atoms with van der Waals surface area (Å²) in [5.74, 6) is -0.427. The molecule has 2 nitrogen and oxygen atoms in total. The molecule has 0 N–H and O–H groups in total. The molecule has 0 saturated carbocycles. The van der Waals surface area contributed by atoms with Crippen molar-refractivity contribution >= 4 is 22.9 Å². The first-order chi connectivity index (χ1) is 8.68. The first-order valence-electron chi connectivity index (χ1n) is 5.79. The van der Waals surface area contributed by atoms with Gasteiger partial charge in [0.05, 0.1) is 12.3 Å². The van der Waals surface area contributed by atoms with E-state index in [1.165, 1.54) is 6.92 Å². The summed E-state index contributed by atoms with van der Waals surface area (Å²) >= 11 is 1.55. The van der Waals surface area contributed by atoms with Crippen LogP contribution in [0.4, 0.5) is 0 Å². The number of hydrogen-bond donors (Lipinski definition) is 0. The summed E-state index contributed by atoms with van der Waals surface area (Å²) in [4.78, 5) is 24.4. The van der Waals surface area contributed by atoms with Gasteiger partial charge in [-0.1, -0.05) is 36.4 Å². The lowest BCUT2D eigenvalue weighted by atomic mass is 9.91. The van der Waals surface area contributed by atoms with Crippen LogP contribution in [0.3, 0.4) is 0 Å². The Balaban J connectivity index is 2.36. The largest absolute Gasteiger partial charge is 0.300 e. The Morgan fingerprint density at radius 3 is 2.39 bits per heavy atom. The maximum absolute atomic E-state index is 12.2. The van der Waals surface area contributed by atoms with Gasteiger partial charge in [-0.3, -0.25) is 9.59 Å². The van der Waals surface area contributed by atoms with Crippen molar-refractivity contribution in [1.29, 1.82) is 0 Å². The number of carbonyl (C=O) groups excluding carboxylic acids is 2. The number of ketones is 2. The van der Waals surface area contributed by atoms with Crippen LogP contribution in [-0.2, 0) is 9.59 Å². The normalized spacial score (nSPS) is 12.1. The molecule has 0 spiro atoms. The third kappa shape index (κ3) is 2.93. The van der Waals surface area contributed by atoms with Crippen molar-refractivity contribution in [1.82, 2.24) is 0 Å². The van der Waals surface area contributed by atoms with E-state index in [9.17, 15) is 9.59 Å². The summed E-state index contributed by atoms with van der Waals surface area (Å²) < 4.78 is 0. The summed E-state index contributed by atoms with van der Waals surface area (Å²) in [7, 11) is 0. The van der Waals surface area contributed by atoms with Crippen LogP contribution < -0.4 is 0 Å². The summed E-state index contributed by atoms with van der Waals surface area (Å²) in [6.07, 6.45) is -0.00252. The quantitative estimate of drug-likeness (QED) is 0.770. The van der Waals surface area contributed by atoms with E-state index in [1.807, 2.05) is 47.8 Å². The molecule has 2 rings (SSSR count). The molecule has 0 aliphatic heterocycles. The van der Waals surface area contributed by atoms with Crippen LogP contribution in [-0.4, -0.2) is 11.6 Å². The Bertz CT molecular complexity index is 529. The van der Waals surface area contributed by atoms with E-state index in [0.29, 0.717) is 0 Å². The fourth-order valence-electron chi connectivity index (χ4n) is 1.96. The van der Waals surface area contributed by atoms with Crippen LogP contribution in [0.1, 0.15) is 29.7 Å². The van der Waals surface area contributed by atoms with Gasteiger partial charge in [-0.2, -0.15) is 0 Å². The van der Waals surface area contributed by atoms with Crippen LogP contribution in [0, 0.1) is 0 Å². The van der Waals surface area contributed by atoms with Crippen LogP contribution in [0.2, 0.25) is 0 Å². The molecule has 3 heteroatoms. The standard InChI is InChI=1S/C15H14O2S/c1-11(16)10-13(17)15(14-8-5-9-18-14)12-6-3-2-4-7-12/h2-9,15H,10H2,1H3. The van der Waals surface area contributed by atoms with E-state index in [1.54, 1.807) is 11.3 Å². The monoisotopic (exact) mass is 258 g/mol. The predicted molar refractivity (Wildman–Crippen MR) is 72.9 cm³/mol.